The van der Waals surface area contributed by atoms with E-state index in [-0.39, 0.29) is 16.9 Å². The van der Waals surface area contributed by atoms with Gasteiger partial charge < -0.3 is 15.9 Å². The van der Waals surface area contributed by atoms with Crippen LogP contribution < -0.4 is 5.73 Å². The molecular formula is C22H15NO4. The van der Waals surface area contributed by atoms with E-state index in [4.69, 9.17) is 5.73 Å². The summed E-state index contributed by atoms with van der Waals surface area (Å²) in [5, 5.41) is 19.1. The fraction of sp³-hybridized carbons (Fsp3) is 0. The molecule has 0 saturated carbocycles. The highest BCUT2D eigenvalue weighted by Gasteiger charge is 2.16. The summed E-state index contributed by atoms with van der Waals surface area (Å²) in [5.74, 6) is 4.27. The van der Waals surface area contributed by atoms with E-state index in [1.54, 1.807) is 48.5 Å². The van der Waals surface area contributed by atoms with Gasteiger partial charge >= 0.3 is 5.97 Å². The normalized spacial score (nSPS) is 9.93. The molecule has 0 aromatic heterocycles. The minimum absolute atomic E-state index is 0.0688. The summed E-state index contributed by atoms with van der Waals surface area (Å²) in [7, 11) is 0. The average Bonchev–Trinajstić information content (AvgIpc) is 2.66. The zero-order chi connectivity index (χ0) is 19.4. The van der Waals surface area contributed by atoms with E-state index < -0.39 is 11.9 Å². The van der Waals surface area contributed by atoms with Crippen molar-refractivity contribution in [3.8, 4) is 28.7 Å². The third kappa shape index (κ3) is 3.97. The lowest BCUT2D eigenvalue weighted by Crippen LogP contribution is -2.11. The van der Waals surface area contributed by atoms with Crippen LogP contribution in [0.2, 0.25) is 0 Å². The Bertz CT molecular complexity index is 1110. The van der Waals surface area contributed by atoms with Crippen LogP contribution in [0.3, 0.4) is 0 Å². The number of aromatic carboxylic acids is 1. The molecule has 3 aromatic carbocycles. The smallest absolute Gasteiger partial charge is 0.336 e. The third-order valence-electron chi connectivity index (χ3n) is 3.92. The molecule has 27 heavy (non-hydrogen) atoms. The molecule has 0 spiro atoms. The van der Waals surface area contributed by atoms with Gasteiger partial charge in [-0.25, -0.2) is 4.79 Å². The van der Waals surface area contributed by atoms with Gasteiger partial charge in [-0.2, -0.15) is 0 Å². The molecule has 3 aromatic rings. The van der Waals surface area contributed by atoms with Crippen molar-refractivity contribution in [1.82, 2.24) is 0 Å². The number of carboxylic acids is 1. The maximum absolute atomic E-state index is 11.7. The molecule has 0 heterocycles. The molecule has 0 bridgehead atoms. The zero-order valence-electron chi connectivity index (χ0n) is 14.1. The third-order valence-corrected chi connectivity index (χ3v) is 3.92. The molecule has 0 radical (unpaired) electrons. The van der Waals surface area contributed by atoms with Crippen molar-refractivity contribution in [2.45, 2.75) is 0 Å². The van der Waals surface area contributed by atoms with Crippen LogP contribution in [0.1, 0.15) is 31.8 Å². The molecule has 5 heteroatoms. The van der Waals surface area contributed by atoms with E-state index in [0.29, 0.717) is 22.3 Å². The van der Waals surface area contributed by atoms with E-state index in [1.807, 2.05) is 0 Å². The first-order valence-electron chi connectivity index (χ1n) is 8.03. The number of hydrogen-bond donors (Lipinski definition) is 3. The summed E-state index contributed by atoms with van der Waals surface area (Å²) in [5.41, 5.74) is 7.70. The maximum atomic E-state index is 11.7. The predicted octanol–water partition coefficient (Wildman–Crippen LogP) is 3.26. The first kappa shape index (κ1) is 17.8. The molecule has 0 aliphatic rings. The topological polar surface area (TPSA) is 101 Å². The van der Waals surface area contributed by atoms with E-state index in [2.05, 4.69) is 11.8 Å². The average molecular weight is 357 g/mol. The monoisotopic (exact) mass is 357 g/mol. The molecule has 0 aliphatic heterocycles. The molecule has 0 aliphatic carbocycles. The molecule has 4 N–H and O–H groups in total. The first-order chi connectivity index (χ1) is 13.0. The van der Waals surface area contributed by atoms with E-state index >= 15 is 0 Å². The number of rotatable bonds is 3. The Hall–Kier alpha value is -4.04. The lowest BCUT2D eigenvalue weighted by molar-refractivity contribution is 0.0697. The van der Waals surface area contributed by atoms with Gasteiger partial charge in [0.1, 0.15) is 5.75 Å². The molecule has 0 unspecified atom stereocenters. The van der Waals surface area contributed by atoms with Crippen LogP contribution >= 0.6 is 0 Å². The van der Waals surface area contributed by atoms with E-state index in [9.17, 15) is 19.8 Å². The van der Waals surface area contributed by atoms with Crippen LogP contribution in [0.5, 0.6) is 5.75 Å². The van der Waals surface area contributed by atoms with Crippen molar-refractivity contribution in [3.05, 3.63) is 89.0 Å². The minimum Gasteiger partial charge on any atom is -0.508 e. The maximum Gasteiger partial charge on any atom is 0.336 e. The summed E-state index contributed by atoms with van der Waals surface area (Å²) >= 11 is 0. The highest BCUT2D eigenvalue weighted by Crippen LogP contribution is 2.28. The van der Waals surface area contributed by atoms with Crippen LogP contribution in [0, 0.1) is 11.8 Å². The fourth-order valence-corrected chi connectivity index (χ4v) is 2.70. The van der Waals surface area contributed by atoms with Gasteiger partial charge in [-0.3, -0.25) is 4.79 Å². The highest BCUT2D eigenvalue weighted by atomic mass is 16.4. The standard InChI is InChI=1S/C22H15NO4/c23-21(25)17-7-2-6-16(13-17)20-15(5-3-9-19(20)22(26)27)11-10-14-4-1-8-18(24)12-14/h1-9,12-13,24H,(H2,23,25)(H,26,27). The summed E-state index contributed by atoms with van der Waals surface area (Å²) < 4.78 is 0. The van der Waals surface area contributed by atoms with Crippen molar-refractivity contribution in [2.24, 2.45) is 5.73 Å². The summed E-state index contributed by atoms with van der Waals surface area (Å²) in [6.07, 6.45) is 0. The van der Waals surface area contributed by atoms with E-state index in [1.165, 1.54) is 18.2 Å². The Morgan fingerprint density at radius 2 is 1.63 bits per heavy atom. The van der Waals surface area contributed by atoms with Crippen molar-refractivity contribution in [1.29, 1.82) is 0 Å². The van der Waals surface area contributed by atoms with Crippen LogP contribution in [0.4, 0.5) is 0 Å². The van der Waals surface area contributed by atoms with Crippen LogP contribution in [0.25, 0.3) is 11.1 Å². The lowest BCUT2D eigenvalue weighted by Gasteiger charge is -2.10. The number of primary amides is 1. The second-order valence-electron chi connectivity index (χ2n) is 5.78. The minimum atomic E-state index is -1.10. The number of phenolic OH excluding ortho intramolecular Hbond substituents is 1. The van der Waals surface area contributed by atoms with Crippen LogP contribution in [0.15, 0.2) is 66.7 Å². The SMILES string of the molecule is NC(=O)c1cccc(-c2c(C#Cc3cccc(O)c3)cccc2C(=O)O)c1. The van der Waals surface area contributed by atoms with Gasteiger partial charge in [0.25, 0.3) is 0 Å². The molecule has 0 atom stereocenters. The Balaban J connectivity index is 2.19. The first-order valence-corrected chi connectivity index (χ1v) is 8.03. The Morgan fingerprint density at radius 3 is 2.33 bits per heavy atom. The lowest BCUT2D eigenvalue weighted by atomic mass is 9.93. The number of nitrogens with two attached hydrogens (primary N) is 1. The quantitative estimate of drug-likeness (QED) is 0.626. The second-order valence-corrected chi connectivity index (χ2v) is 5.78. The number of carboxylic acid groups (broad SMARTS) is 1. The number of phenols is 1. The fourth-order valence-electron chi connectivity index (χ4n) is 2.70. The zero-order valence-corrected chi connectivity index (χ0v) is 14.1. The molecule has 5 nitrogen and oxygen atoms in total. The van der Waals surface area contributed by atoms with Gasteiger partial charge in [0.05, 0.1) is 5.56 Å². The van der Waals surface area contributed by atoms with Gasteiger partial charge in [0.2, 0.25) is 5.91 Å². The number of benzene rings is 3. The second kappa shape index (κ2) is 7.46. The van der Waals surface area contributed by atoms with Crippen LogP contribution in [-0.2, 0) is 0 Å². The molecular weight excluding hydrogens is 342 g/mol. The number of hydrogen-bond acceptors (Lipinski definition) is 3. The number of carbonyl (C=O) groups excluding carboxylic acids is 1. The van der Waals surface area contributed by atoms with Gasteiger partial charge in [0, 0.05) is 22.3 Å². The van der Waals surface area contributed by atoms with Gasteiger partial charge in [0.15, 0.2) is 0 Å². The van der Waals surface area contributed by atoms with Crippen LogP contribution in [-0.4, -0.2) is 22.1 Å². The van der Waals surface area contributed by atoms with Crippen molar-refractivity contribution in [3.63, 3.8) is 0 Å². The molecule has 132 valence electrons. The number of amides is 1. The van der Waals surface area contributed by atoms with Crippen molar-refractivity contribution >= 4 is 11.9 Å². The van der Waals surface area contributed by atoms with Gasteiger partial charge in [-0.1, -0.05) is 36.1 Å². The summed E-state index contributed by atoms with van der Waals surface area (Å²) in [4.78, 5) is 23.2. The van der Waals surface area contributed by atoms with Crippen molar-refractivity contribution in [2.75, 3.05) is 0 Å². The molecule has 0 fully saturated rings. The molecule has 3 rings (SSSR count). The number of carbonyl (C=O) groups is 2. The number of aromatic hydroxyl groups is 1. The van der Waals surface area contributed by atoms with Gasteiger partial charge in [-0.05, 0) is 48.0 Å². The predicted molar refractivity (Wildman–Crippen MR) is 101 cm³/mol. The van der Waals surface area contributed by atoms with Crippen molar-refractivity contribution < 1.29 is 19.8 Å². The highest BCUT2D eigenvalue weighted by molar-refractivity contribution is 5.99. The molecule has 1 amide bonds. The molecule has 0 saturated heterocycles. The Morgan fingerprint density at radius 1 is 0.889 bits per heavy atom. The largest absolute Gasteiger partial charge is 0.508 e. The Kier molecular flexibility index (Phi) is 4.91. The van der Waals surface area contributed by atoms with E-state index in [0.717, 1.165) is 0 Å². The summed E-state index contributed by atoms with van der Waals surface area (Å²) in [6, 6.07) is 17.7. The summed E-state index contributed by atoms with van der Waals surface area (Å²) in [6.45, 7) is 0. The van der Waals surface area contributed by atoms with Gasteiger partial charge in [-0.15, -0.1) is 0 Å². The Labute approximate surface area is 155 Å².